The fourth-order valence-electron chi connectivity index (χ4n) is 3.08. The number of fused-ring (bicyclic) bond motifs is 2. The lowest BCUT2D eigenvalue weighted by Crippen LogP contribution is -2.47. The quantitative estimate of drug-likeness (QED) is 0.758. The summed E-state index contributed by atoms with van der Waals surface area (Å²) in [5.41, 5.74) is 2.80. The lowest BCUT2D eigenvalue weighted by Gasteiger charge is -2.44. The zero-order valence-corrected chi connectivity index (χ0v) is 8.99. The van der Waals surface area contributed by atoms with E-state index in [0.717, 1.165) is 31.4 Å². The highest BCUT2D eigenvalue weighted by Crippen LogP contribution is 2.53. The zero-order chi connectivity index (χ0) is 10.5. The lowest BCUT2D eigenvalue weighted by atomic mass is 9.63. The molecule has 1 aromatic rings. The third kappa shape index (κ3) is 1.08. The molecule has 2 nitrogen and oxygen atoms in total. The van der Waals surface area contributed by atoms with Gasteiger partial charge in [-0.15, -0.1) is 0 Å². The molecule has 2 atom stereocenters. The van der Waals surface area contributed by atoms with Crippen molar-refractivity contribution in [1.29, 1.82) is 0 Å². The van der Waals surface area contributed by atoms with Gasteiger partial charge in [0.2, 0.25) is 0 Å². The molecule has 2 unspecified atom stereocenters. The first-order chi connectivity index (χ1) is 7.26. The SMILES string of the molecule is COc1ccc2c(c1)C1(CC2)CCC1O. The van der Waals surface area contributed by atoms with Crippen LogP contribution in [0.1, 0.15) is 30.4 Å². The molecule has 80 valence electrons. The molecule has 15 heavy (non-hydrogen) atoms. The van der Waals surface area contributed by atoms with Crippen LogP contribution >= 0.6 is 0 Å². The fraction of sp³-hybridized carbons (Fsp3) is 0.538. The van der Waals surface area contributed by atoms with Gasteiger partial charge in [0, 0.05) is 5.41 Å². The van der Waals surface area contributed by atoms with Crippen molar-refractivity contribution in [2.24, 2.45) is 0 Å². The van der Waals surface area contributed by atoms with Gasteiger partial charge in [0.25, 0.3) is 0 Å². The molecule has 0 saturated heterocycles. The molecule has 0 amide bonds. The minimum Gasteiger partial charge on any atom is -0.497 e. The van der Waals surface area contributed by atoms with Crippen LogP contribution in [-0.2, 0) is 11.8 Å². The summed E-state index contributed by atoms with van der Waals surface area (Å²) in [6.45, 7) is 0. The highest BCUT2D eigenvalue weighted by Gasteiger charge is 2.50. The Hall–Kier alpha value is -1.02. The number of methoxy groups -OCH3 is 1. The van der Waals surface area contributed by atoms with E-state index >= 15 is 0 Å². The number of hydrogen-bond acceptors (Lipinski definition) is 2. The normalized spacial score (nSPS) is 32.5. The summed E-state index contributed by atoms with van der Waals surface area (Å²) < 4.78 is 5.25. The van der Waals surface area contributed by atoms with E-state index in [-0.39, 0.29) is 11.5 Å². The van der Waals surface area contributed by atoms with Crippen LogP contribution < -0.4 is 4.74 Å². The van der Waals surface area contributed by atoms with E-state index in [4.69, 9.17) is 4.74 Å². The molecule has 0 aromatic heterocycles. The van der Waals surface area contributed by atoms with Crippen LogP contribution in [0.4, 0.5) is 0 Å². The molecule has 1 spiro atoms. The third-order valence-electron chi connectivity index (χ3n) is 4.20. The molecule has 0 radical (unpaired) electrons. The summed E-state index contributed by atoms with van der Waals surface area (Å²) in [7, 11) is 1.69. The Morgan fingerprint density at radius 3 is 2.87 bits per heavy atom. The third-order valence-corrected chi connectivity index (χ3v) is 4.20. The van der Waals surface area contributed by atoms with E-state index in [0.29, 0.717) is 0 Å². The van der Waals surface area contributed by atoms with Gasteiger partial charge in [-0.3, -0.25) is 0 Å². The molecule has 2 aliphatic carbocycles. The Morgan fingerprint density at radius 1 is 1.40 bits per heavy atom. The largest absolute Gasteiger partial charge is 0.497 e. The standard InChI is InChI=1S/C13H16O2/c1-15-10-3-2-9-4-6-13(11(9)8-10)7-5-12(13)14/h2-3,8,12,14H,4-7H2,1H3. The monoisotopic (exact) mass is 204 g/mol. The predicted octanol–water partition coefficient (Wildman–Crippen LogP) is 2.03. The van der Waals surface area contributed by atoms with Crippen molar-refractivity contribution in [2.75, 3.05) is 7.11 Å². The average molecular weight is 204 g/mol. The first-order valence-corrected chi connectivity index (χ1v) is 5.62. The van der Waals surface area contributed by atoms with Gasteiger partial charge >= 0.3 is 0 Å². The highest BCUT2D eigenvalue weighted by molar-refractivity contribution is 5.46. The summed E-state index contributed by atoms with van der Waals surface area (Å²) in [6, 6.07) is 6.28. The van der Waals surface area contributed by atoms with Crippen LogP contribution in [0.25, 0.3) is 0 Å². The van der Waals surface area contributed by atoms with Gasteiger partial charge in [0.15, 0.2) is 0 Å². The number of aliphatic hydroxyl groups excluding tert-OH is 1. The van der Waals surface area contributed by atoms with E-state index in [1.165, 1.54) is 11.1 Å². The Kier molecular flexibility index (Phi) is 1.84. The van der Waals surface area contributed by atoms with E-state index in [1.54, 1.807) is 7.11 Å². The molecule has 0 aliphatic heterocycles. The molecule has 1 saturated carbocycles. The van der Waals surface area contributed by atoms with Crippen LogP contribution in [-0.4, -0.2) is 18.3 Å². The summed E-state index contributed by atoms with van der Waals surface area (Å²) in [4.78, 5) is 0. The molecule has 1 N–H and O–H groups in total. The zero-order valence-electron chi connectivity index (χ0n) is 8.99. The second kappa shape index (κ2) is 2.99. The Balaban J connectivity index is 2.08. The number of rotatable bonds is 1. The molecule has 1 aromatic carbocycles. The van der Waals surface area contributed by atoms with Crippen molar-refractivity contribution >= 4 is 0 Å². The average Bonchev–Trinajstić information content (AvgIpc) is 2.67. The number of aryl methyl sites for hydroxylation is 1. The summed E-state index contributed by atoms with van der Waals surface area (Å²) in [5, 5.41) is 9.97. The first-order valence-electron chi connectivity index (χ1n) is 5.62. The molecule has 2 heteroatoms. The maximum Gasteiger partial charge on any atom is 0.119 e. The van der Waals surface area contributed by atoms with Gasteiger partial charge in [0.1, 0.15) is 5.75 Å². The Morgan fingerprint density at radius 2 is 2.27 bits per heavy atom. The van der Waals surface area contributed by atoms with Crippen molar-refractivity contribution < 1.29 is 9.84 Å². The van der Waals surface area contributed by atoms with Crippen LogP contribution in [0.2, 0.25) is 0 Å². The van der Waals surface area contributed by atoms with E-state index in [2.05, 4.69) is 12.1 Å². The molecule has 2 aliphatic rings. The summed E-state index contributed by atoms with van der Waals surface area (Å²) in [5.74, 6) is 0.911. The van der Waals surface area contributed by atoms with E-state index in [9.17, 15) is 5.11 Å². The van der Waals surface area contributed by atoms with Gasteiger partial charge in [-0.1, -0.05) is 6.07 Å². The van der Waals surface area contributed by atoms with Crippen molar-refractivity contribution in [2.45, 2.75) is 37.2 Å². The minimum absolute atomic E-state index is 0.0733. The topological polar surface area (TPSA) is 29.5 Å². The number of ether oxygens (including phenoxy) is 1. The first kappa shape index (κ1) is 9.22. The minimum atomic E-state index is -0.133. The molecule has 3 rings (SSSR count). The van der Waals surface area contributed by atoms with Crippen molar-refractivity contribution in [3.05, 3.63) is 29.3 Å². The molecule has 1 fully saturated rings. The van der Waals surface area contributed by atoms with Crippen molar-refractivity contribution in [3.63, 3.8) is 0 Å². The maximum absolute atomic E-state index is 9.97. The van der Waals surface area contributed by atoms with E-state index in [1.807, 2.05) is 6.07 Å². The Labute approximate surface area is 89.9 Å². The van der Waals surface area contributed by atoms with Crippen LogP contribution in [0.15, 0.2) is 18.2 Å². The number of benzene rings is 1. The number of aliphatic hydroxyl groups is 1. The smallest absolute Gasteiger partial charge is 0.119 e. The molecular formula is C13H16O2. The van der Waals surface area contributed by atoms with Crippen molar-refractivity contribution in [1.82, 2.24) is 0 Å². The van der Waals surface area contributed by atoms with Gasteiger partial charge in [-0.2, -0.15) is 0 Å². The second-order valence-electron chi connectivity index (χ2n) is 4.73. The molecular weight excluding hydrogens is 188 g/mol. The summed E-state index contributed by atoms with van der Waals surface area (Å²) in [6.07, 6.45) is 4.17. The van der Waals surface area contributed by atoms with Crippen LogP contribution in [0.3, 0.4) is 0 Å². The van der Waals surface area contributed by atoms with E-state index < -0.39 is 0 Å². The van der Waals surface area contributed by atoms with Gasteiger partial charge in [-0.25, -0.2) is 0 Å². The van der Waals surface area contributed by atoms with Crippen LogP contribution in [0.5, 0.6) is 5.75 Å². The van der Waals surface area contributed by atoms with Gasteiger partial charge in [0.05, 0.1) is 13.2 Å². The predicted molar refractivity (Wildman–Crippen MR) is 58.2 cm³/mol. The summed E-state index contributed by atoms with van der Waals surface area (Å²) >= 11 is 0. The number of hydrogen-bond donors (Lipinski definition) is 1. The Bertz CT molecular complexity index is 400. The van der Waals surface area contributed by atoms with Crippen LogP contribution in [0, 0.1) is 0 Å². The highest BCUT2D eigenvalue weighted by atomic mass is 16.5. The molecule has 0 heterocycles. The fourth-order valence-corrected chi connectivity index (χ4v) is 3.08. The molecule has 0 bridgehead atoms. The lowest BCUT2D eigenvalue weighted by molar-refractivity contribution is -0.00606. The maximum atomic E-state index is 9.97. The van der Waals surface area contributed by atoms with Gasteiger partial charge in [-0.05, 0) is 48.9 Å². The van der Waals surface area contributed by atoms with Gasteiger partial charge < -0.3 is 9.84 Å². The second-order valence-corrected chi connectivity index (χ2v) is 4.73. The van der Waals surface area contributed by atoms with Crippen molar-refractivity contribution in [3.8, 4) is 5.75 Å².